The van der Waals surface area contributed by atoms with Gasteiger partial charge in [-0.3, -0.25) is 13.9 Å². The molecule has 3 aromatic carbocycles. The van der Waals surface area contributed by atoms with E-state index in [1.807, 2.05) is 13.8 Å². The van der Waals surface area contributed by atoms with Gasteiger partial charge in [-0.2, -0.15) is 0 Å². The Hall–Kier alpha value is -3.07. The molecule has 0 heterocycles. The molecule has 218 valence electrons. The molecule has 2 amide bonds. The van der Waals surface area contributed by atoms with Crippen molar-refractivity contribution < 1.29 is 18.0 Å². The molecule has 1 N–H and O–H groups in total. The van der Waals surface area contributed by atoms with Gasteiger partial charge in [-0.25, -0.2) is 8.42 Å². The molecule has 1 fully saturated rings. The van der Waals surface area contributed by atoms with Gasteiger partial charge in [-0.15, -0.1) is 0 Å². The highest BCUT2D eigenvalue weighted by Crippen LogP contribution is 2.31. The normalized spacial score (nSPS) is 14.4. The molecule has 0 saturated heterocycles. The third-order valence-corrected chi connectivity index (χ3v) is 9.71. The Kier molecular flexibility index (Phi) is 10.3. The molecule has 0 unspecified atom stereocenters. The number of benzene rings is 3. The number of carbonyl (C=O) groups excluding carboxylic acids is 2. The third-order valence-electron chi connectivity index (χ3n) is 7.36. The summed E-state index contributed by atoms with van der Waals surface area (Å²) in [4.78, 5) is 29.1. The summed E-state index contributed by atoms with van der Waals surface area (Å²) in [6.07, 6.45) is 4.27. The maximum atomic E-state index is 14.2. The van der Waals surface area contributed by atoms with Crippen molar-refractivity contribution in [1.82, 2.24) is 10.2 Å². The first-order chi connectivity index (χ1) is 19.6. The number of amides is 2. The summed E-state index contributed by atoms with van der Waals surface area (Å²) in [5, 5.41) is 3.84. The monoisotopic (exact) mass is 615 g/mol. The van der Waals surface area contributed by atoms with Gasteiger partial charge in [-0.1, -0.05) is 84.9 Å². The Labute approximate surface area is 252 Å². The summed E-state index contributed by atoms with van der Waals surface area (Å²) in [5.41, 5.74) is 1.84. The fraction of sp³-hybridized carbons (Fsp3) is 0.355. The Balaban J connectivity index is 1.72. The molecule has 0 aromatic heterocycles. The van der Waals surface area contributed by atoms with Crippen molar-refractivity contribution in [2.24, 2.45) is 0 Å². The van der Waals surface area contributed by atoms with Crippen LogP contribution in [0.3, 0.4) is 0 Å². The van der Waals surface area contributed by atoms with Gasteiger partial charge in [0.25, 0.3) is 10.0 Å². The number of nitrogens with one attached hydrogen (secondary N) is 1. The van der Waals surface area contributed by atoms with Crippen LogP contribution in [-0.2, 0) is 26.2 Å². The molecule has 41 heavy (non-hydrogen) atoms. The summed E-state index contributed by atoms with van der Waals surface area (Å²) in [6.45, 7) is 3.27. The zero-order chi connectivity index (χ0) is 29.6. The zero-order valence-electron chi connectivity index (χ0n) is 23.2. The largest absolute Gasteiger partial charge is 0.352 e. The van der Waals surface area contributed by atoms with Gasteiger partial charge in [0.1, 0.15) is 12.6 Å². The number of anilines is 1. The Bertz CT molecular complexity index is 1460. The second-order valence-corrected chi connectivity index (χ2v) is 13.0. The predicted octanol–water partition coefficient (Wildman–Crippen LogP) is 6.36. The van der Waals surface area contributed by atoms with Gasteiger partial charge in [0.05, 0.1) is 15.6 Å². The van der Waals surface area contributed by atoms with E-state index in [2.05, 4.69) is 5.32 Å². The number of hydrogen-bond acceptors (Lipinski definition) is 4. The topological polar surface area (TPSA) is 86.8 Å². The average molecular weight is 617 g/mol. The van der Waals surface area contributed by atoms with E-state index in [4.69, 9.17) is 23.2 Å². The van der Waals surface area contributed by atoms with Gasteiger partial charge in [0.15, 0.2) is 0 Å². The quantitative estimate of drug-likeness (QED) is 0.272. The van der Waals surface area contributed by atoms with Gasteiger partial charge >= 0.3 is 0 Å². The lowest BCUT2D eigenvalue weighted by atomic mass is 10.1. The van der Waals surface area contributed by atoms with Crippen LogP contribution in [0.25, 0.3) is 0 Å². The van der Waals surface area contributed by atoms with E-state index in [1.165, 1.54) is 17.0 Å². The molecule has 0 spiro atoms. The molecular formula is C31H35Cl2N3O4S. The van der Waals surface area contributed by atoms with Crippen molar-refractivity contribution in [2.75, 3.05) is 10.8 Å². The highest BCUT2D eigenvalue weighted by atomic mass is 35.5. The van der Waals surface area contributed by atoms with Crippen LogP contribution in [0.2, 0.25) is 10.0 Å². The molecule has 1 aliphatic carbocycles. The molecule has 3 aromatic rings. The minimum absolute atomic E-state index is 0.0334. The number of carbonyl (C=O) groups is 2. The lowest BCUT2D eigenvalue weighted by molar-refractivity contribution is -0.140. The number of rotatable bonds is 11. The molecule has 1 saturated carbocycles. The number of aryl methyl sites for hydroxylation is 1. The number of hydrogen-bond donors (Lipinski definition) is 1. The van der Waals surface area contributed by atoms with Gasteiger partial charge in [0.2, 0.25) is 11.8 Å². The van der Waals surface area contributed by atoms with Crippen LogP contribution in [0, 0.1) is 6.92 Å². The van der Waals surface area contributed by atoms with Gasteiger partial charge in [-0.05, 0) is 68.1 Å². The van der Waals surface area contributed by atoms with Crippen LogP contribution in [-0.4, -0.2) is 43.8 Å². The van der Waals surface area contributed by atoms with Gasteiger partial charge < -0.3 is 10.2 Å². The molecule has 10 heteroatoms. The lowest BCUT2D eigenvalue weighted by Crippen LogP contribution is -2.53. The first kappa shape index (κ1) is 30.9. The van der Waals surface area contributed by atoms with Crippen molar-refractivity contribution >= 4 is 50.7 Å². The van der Waals surface area contributed by atoms with E-state index in [9.17, 15) is 18.0 Å². The smallest absolute Gasteiger partial charge is 0.264 e. The van der Waals surface area contributed by atoms with Crippen LogP contribution < -0.4 is 9.62 Å². The predicted molar refractivity (Wildman–Crippen MR) is 164 cm³/mol. The minimum Gasteiger partial charge on any atom is -0.352 e. The zero-order valence-corrected chi connectivity index (χ0v) is 25.6. The molecule has 1 aliphatic rings. The molecular weight excluding hydrogens is 581 g/mol. The maximum Gasteiger partial charge on any atom is 0.264 e. The highest BCUT2D eigenvalue weighted by Gasteiger charge is 2.35. The molecule has 0 bridgehead atoms. The number of para-hydroxylation sites is 1. The van der Waals surface area contributed by atoms with E-state index in [1.54, 1.807) is 60.7 Å². The number of sulfonamides is 1. The summed E-state index contributed by atoms with van der Waals surface area (Å²) < 4.78 is 28.9. The van der Waals surface area contributed by atoms with Crippen molar-refractivity contribution in [3.63, 3.8) is 0 Å². The van der Waals surface area contributed by atoms with Crippen LogP contribution in [0.1, 0.15) is 50.2 Å². The van der Waals surface area contributed by atoms with Crippen LogP contribution in [0.15, 0.2) is 77.7 Å². The molecule has 4 rings (SSSR count). The third kappa shape index (κ3) is 7.61. The summed E-state index contributed by atoms with van der Waals surface area (Å²) in [7, 11) is -4.19. The summed E-state index contributed by atoms with van der Waals surface area (Å²) in [6, 6.07) is 19.2. The number of nitrogens with zero attached hydrogens (tertiary/aromatic N) is 2. The van der Waals surface area contributed by atoms with E-state index >= 15 is 0 Å². The van der Waals surface area contributed by atoms with Crippen molar-refractivity contribution in [2.45, 2.75) is 69.5 Å². The van der Waals surface area contributed by atoms with Gasteiger partial charge in [0, 0.05) is 17.6 Å². The van der Waals surface area contributed by atoms with Crippen LogP contribution in [0.4, 0.5) is 5.69 Å². The molecule has 0 aliphatic heterocycles. The Morgan fingerprint density at radius 2 is 1.59 bits per heavy atom. The molecule has 7 nitrogen and oxygen atoms in total. The standard InChI is InChI=1S/C31H35Cl2N3O4S/c1-3-28(31(38)34-25-8-4-5-9-25)35(20-23-14-16-24(32)17-15-23)30(37)21-36(29-11-7-6-10-27(29)33)41(39,40)26-18-12-22(2)13-19-26/h6-7,10-19,25,28H,3-5,8-9,20-21H2,1-2H3,(H,34,38)/t28-/m1/s1. The van der Waals surface area contributed by atoms with E-state index in [0.717, 1.165) is 41.1 Å². The minimum atomic E-state index is -4.19. The van der Waals surface area contributed by atoms with Crippen molar-refractivity contribution in [1.29, 1.82) is 0 Å². The molecule has 1 atom stereocenters. The second-order valence-electron chi connectivity index (χ2n) is 10.3. The van der Waals surface area contributed by atoms with Crippen molar-refractivity contribution in [3.05, 3.63) is 94.0 Å². The van der Waals surface area contributed by atoms with Crippen molar-refractivity contribution in [3.8, 4) is 0 Å². The number of halogens is 2. The fourth-order valence-corrected chi connectivity index (χ4v) is 6.93. The fourth-order valence-electron chi connectivity index (χ4n) is 5.08. The van der Waals surface area contributed by atoms with E-state index in [-0.39, 0.29) is 34.1 Å². The van der Waals surface area contributed by atoms with Crippen LogP contribution in [0.5, 0.6) is 0 Å². The Morgan fingerprint density at radius 1 is 0.951 bits per heavy atom. The summed E-state index contributed by atoms with van der Waals surface area (Å²) >= 11 is 12.6. The molecule has 0 radical (unpaired) electrons. The summed E-state index contributed by atoms with van der Waals surface area (Å²) in [5.74, 6) is -0.767. The lowest BCUT2D eigenvalue weighted by Gasteiger charge is -2.34. The average Bonchev–Trinajstić information content (AvgIpc) is 3.46. The maximum absolute atomic E-state index is 14.2. The Morgan fingerprint density at radius 3 is 2.20 bits per heavy atom. The highest BCUT2D eigenvalue weighted by molar-refractivity contribution is 7.92. The van der Waals surface area contributed by atoms with Crippen LogP contribution >= 0.6 is 23.2 Å². The first-order valence-corrected chi connectivity index (χ1v) is 16.0. The SMILES string of the molecule is CC[C@H](C(=O)NC1CCCC1)N(Cc1ccc(Cl)cc1)C(=O)CN(c1ccccc1Cl)S(=O)(=O)c1ccc(C)cc1. The second kappa shape index (κ2) is 13.7. The van der Waals surface area contributed by atoms with E-state index < -0.39 is 28.5 Å². The first-order valence-electron chi connectivity index (χ1n) is 13.8. The van der Waals surface area contributed by atoms with E-state index in [0.29, 0.717) is 11.4 Å².